The highest BCUT2D eigenvalue weighted by Crippen LogP contribution is 2.25. The van der Waals surface area contributed by atoms with Crippen LogP contribution in [0.15, 0.2) is 24.3 Å². The minimum Gasteiger partial charge on any atom is -0.481 e. The van der Waals surface area contributed by atoms with E-state index in [1.807, 2.05) is 24.3 Å². The van der Waals surface area contributed by atoms with E-state index < -0.39 is 5.97 Å². The van der Waals surface area contributed by atoms with Gasteiger partial charge in [-0.3, -0.25) is 9.69 Å². The third kappa shape index (κ3) is 3.58. The minimum atomic E-state index is -0.778. The molecule has 20 heavy (non-hydrogen) atoms. The molecule has 1 saturated heterocycles. The van der Waals surface area contributed by atoms with Gasteiger partial charge >= 0.3 is 5.97 Å². The summed E-state index contributed by atoms with van der Waals surface area (Å²) in [4.78, 5) is 13.4. The number of carboxylic acid groups (broad SMARTS) is 1. The van der Waals surface area contributed by atoms with Crippen LogP contribution in [-0.2, 0) is 17.8 Å². The first kappa shape index (κ1) is 15.0. The Hall–Kier alpha value is -1.39. The van der Waals surface area contributed by atoms with Crippen LogP contribution in [0.1, 0.15) is 37.3 Å². The number of benzene rings is 1. The Balaban J connectivity index is 2.17. The highest BCUT2D eigenvalue weighted by Gasteiger charge is 2.27. The zero-order valence-corrected chi connectivity index (χ0v) is 12.1. The third-order valence-corrected chi connectivity index (χ3v) is 4.28. The molecule has 0 aromatic heterocycles. The summed E-state index contributed by atoms with van der Waals surface area (Å²) in [6.07, 6.45) is 3.65. The van der Waals surface area contributed by atoms with Crippen LogP contribution in [0, 0.1) is 0 Å². The first-order valence-corrected chi connectivity index (χ1v) is 7.36. The van der Waals surface area contributed by atoms with Gasteiger partial charge in [-0.2, -0.15) is 0 Å². The number of carboxylic acids is 1. The molecule has 1 fully saturated rings. The van der Waals surface area contributed by atoms with Crippen LogP contribution in [0.4, 0.5) is 0 Å². The van der Waals surface area contributed by atoms with E-state index >= 15 is 0 Å². The summed E-state index contributed by atoms with van der Waals surface area (Å²) in [5, 5.41) is 9.01. The summed E-state index contributed by atoms with van der Waals surface area (Å²) in [5.74, 6) is -0.778. The number of nitrogens with two attached hydrogens (primary N) is 1. The van der Waals surface area contributed by atoms with Gasteiger partial charge in [-0.05, 0) is 30.9 Å². The number of carbonyl (C=O) groups is 1. The second kappa shape index (κ2) is 6.86. The molecule has 1 heterocycles. The van der Waals surface area contributed by atoms with Crippen molar-refractivity contribution in [2.24, 2.45) is 5.73 Å². The molecule has 4 heteroatoms. The first-order valence-electron chi connectivity index (χ1n) is 7.36. The third-order valence-electron chi connectivity index (χ3n) is 4.28. The highest BCUT2D eigenvalue weighted by atomic mass is 16.4. The van der Waals surface area contributed by atoms with E-state index in [0.29, 0.717) is 18.6 Å². The van der Waals surface area contributed by atoms with Crippen molar-refractivity contribution in [2.45, 2.75) is 51.2 Å². The van der Waals surface area contributed by atoms with E-state index in [9.17, 15) is 4.79 Å². The van der Waals surface area contributed by atoms with Gasteiger partial charge in [0.25, 0.3) is 0 Å². The number of aliphatic carboxylic acids is 1. The fourth-order valence-corrected chi connectivity index (χ4v) is 3.12. The van der Waals surface area contributed by atoms with Gasteiger partial charge in [0.15, 0.2) is 0 Å². The van der Waals surface area contributed by atoms with Crippen LogP contribution in [0.5, 0.6) is 0 Å². The van der Waals surface area contributed by atoms with Gasteiger partial charge < -0.3 is 10.8 Å². The van der Waals surface area contributed by atoms with E-state index in [4.69, 9.17) is 10.8 Å². The summed E-state index contributed by atoms with van der Waals surface area (Å²) in [6, 6.07) is 8.75. The Morgan fingerprint density at radius 3 is 2.70 bits per heavy atom. The molecule has 1 aliphatic rings. The summed E-state index contributed by atoms with van der Waals surface area (Å²) in [7, 11) is 0. The van der Waals surface area contributed by atoms with E-state index in [2.05, 4.69) is 11.8 Å². The molecule has 0 aliphatic carbocycles. The number of hydrogen-bond donors (Lipinski definition) is 2. The standard InChI is InChI=1S/C16H24N2O2/c1-12-5-4-8-15(10-17)18(12)11-14-7-3-2-6-13(14)9-16(19)20/h2-3,6-7,12,15H,4-5,8-11,17H2,1H3,(H,19,20). The molecule has 0 saturated carbocycles. The van der Waals surface area contributed by atoms with Crippen molar-refractivity contribution in [1.82, 2.24) is 4.90 Å². The quantitative estimate of drug-likeness (QED) is 0.863. The number of nitrogens with zero attached hydrogens (tertiary/aromatic N) is 1. The summed E-state index contributed by atoms with van der Waals surface area (Å²) in [5.41, 5.74) is 7.92. The van der Waals surface area contributed by atoms with Gasteiger partial charge in [-0.25, -0.2) is 0 Å². The molecule has 3 N–H and O–H groups in total. The zero-order valence-electron chi connectivity index (χ0n) is 12.1. The minimum absolute atomic E-state index is 0.0890. The average Bonchev–Trinajstić information content (AvgIpc) is 2.42. The second-order valence-electron chi connectivity index (χ2n) is 5.68. The normalized spacial score (nSPS) is 23.7. The summed E-state index contributed by atoms with van der Waals surface area (Å²) in [6.45, 7) is 3.71. The maximum atomic E-state index is 11.0. The van der Waals surface area contributed by atoms with Crippen LogP contribution < -0.4 is 5.73 Å². The van der Waals surface area contributed by atoms with E-state index in [1.54, 1.807) is 0 Å². The first-order chi connectivity index (χ1) is 9.61. The second-order valence-corrected chi connectivity index (χ2v) is 5.68. The molecule has 0 radical (unpaired) electrons. The molecule has 1 aromatic carbocycles. The number of piperidine rings is 1. The Labute approximate surface area is 120 Å². The Bertz CT molecular complexity index is 462. The lowest BCUT2D eigenvalue weighted by Crippen LogP contribution is -2.48. The zero-order chi connectivity index (χ0) is 14.5. The predicted octanol–water partition coefficient (Wildman–Crippen LogP) is 2.02. The maximum absolute atomic E-state index is 11.0. The SMILES string of the molecule is CC1CCCC(CN)N1Cc1ccccc1CC(=O)O. The summed E-state index contributed by atoms with van der Waals surface area (Å²) < 4.78 is 0. The Kier molecular flexibility index (Phi) is 5.15. The molecule has 4 nitrogen and oxygen atoms in total. The average molecular weight is 276 g/mol. The van der Waals surface area contributed by atoms with Crippen molar-refractivity contribution in [1.29, 1.82) is 0 Å². The number of hydrogen-bond acceptors (Lipinski definition) is 3. The molecule has 2 atom stereocenters. The van der Waals surface area contributed by atoms with Crippen molar-refractivity contribution in [3.63, 3.8) is 0 Å². The predicted molar refractivity (Wildman–Crippen MR) is 79.5 cm³/mol. The van der Waals surface area contributed by atoms with Gasteiger partial charge in [0.2, 0.25) is 0 Å². The van der Waals surface area contributed by atoms with Gasteiger partial charge in [-0.1, -0.05) is 30.7 Å². The van der Waals surface area contributed by atoms with E-state index in [-0.39, 0.29) is 6.42 Å². The molecule has 1 aromatic rings. The lowest BCUT2D eigenvalue weighted by Gasteiger charge is -2.40. The van der Waals surface area contributed by atoms with Crippen LogP contribution in [0.25, 0.3) is 0 Å². The lowest BCUT2D eigenvalue weighted by molar-refractivity contribution is -0.136. The van der Waals surface area contributed by atoms with Crippen molar-refractivity contribution in [3.8, 4) is 0 Å². The molecule has 2 rings (SSSR count). The van der Waals surface area contributed by atoms with E-state index in [0.717, 1.165) is 24.1 Å². The van der Waals surface area contributed by atoms with Crippen molar-refractivity contribution in [3.05, 3.63) is 35.4 Å². The molecular weight excluding hydrogens is 252 g/mol. The Morgan fingerprint density at radius 1 is 1.35 bits per heavy atom. The maximum Gasteiger partial charge on any atom is 0.307 e. The van der Waals surface area contributed by atoms with Crippen molar-refractivity contribution < 1.29 is 9.90 Å². The molecule has 0 bridgehead atoms. The topological polar surface area (TPSA) is 66.6 Å². The Morgan fingerprint density at radius 2 is 2.05 bits per heavy atom. The smallest absolute Gasteiger partial charge is 0.307 e. The molecule has 0 spiro atoms. The van der Waals surface area contributed by atoms with Crippen LogP contribution in [0.3, 0.4) is 0 Å². The van der Waals surface area contributed by atoms with Crippen LogP contribution >= 0.6 is 0 Å². The van der Waals surface area contributed by atoms with Gasteiger partial charge in [0.05, 0.1) is 6.42 Å². The van der Waals surface area contributed by atoms with Gasteiger partial charge in [-0.15, -0.1) is 0 Å². The highest BCUT2D eigenvalue weighted by molar-refractivity contribution is 5.70. The van der Waals surface area contributed by atoms with Crippen LogP contribution in [0.2, 0.25) is 0 Å². The van der Waals surface area contributed by atoms with Crippen molar-refractivity contribution in [2.75, 3.05) is 6.54 Å². The molecule has 1 aliphatic heterocycles. The van der Waals surface area contributed by atoms with Crippen LogP contribution in [-0.4, -0.2) is 34.6 Å². The lowest BCUT2D eigenvalue weighted by atomic mass is 9.94. The molecule has 2 unspecified atom stereocenters. The monoisotopic (exact) mass is 276 g/mol. The molecule has 0 amide bonds. The van der Waals surface area contributed by atoms with Gasteiger partial charge in [0.1, 0.15) is 0 Å². The number of rotatable bonds is 5. The van der Waals surface area contributed by atoms with Crippen molar-refractivity contribution >= 4 is 5.97 Å². The molecule has 110 valence electrons. The van der Waals surface area contributed by atoms with E-state index in [1.165, 1.54) is 12.8 Å². The van der Waals surface area contributed by atoms with Gasteiger partial charge in [0, 0.05) is 25.2 Å². The molecular formula is C16H24N2O2. The fourth-order valence-electron chi connectivity index (χ4n) is 3.12. The summed E-state index contributed by atoms with van der Waals surface area (Å²) >= 11 is 0. The largest absolute Gasteiger partial charge is 0.481 e. The number of likely N-dealkylation sites (tertiary alicyclic amines) is 1. The fraction of sp³-hybridized carbons (Fsp3) is 0.562.